The van der Waals surface area contributed by atoms with Gasteiger partial charge in [-0.15, -0.1) is 0 Å². The molecule has 51 heavy (non-hydrogen) atoms. The zero-order valence-corrected chi connectivity index (χ0v) is 33.8. The van der Waals surface area contributed by atoms with Crippen LogP contribution < -0.4 is 4.74 Å². The maximum absolute atomic E-state index is 6.51. The summed E-state index contributed by atoms with van der Waals surface area (Å²) in [7, 11) is 4.35. The Hall–Kier alpha value is -3.13. The van der Waals surface area contributed by atoms with Crippen LogP contribution in [0, 0.1) is 24.7 Å². The van der Waals surface area contributed by atoms with Crippen molar-refractivity contribution < 1.29 is 4.74 Å². The van der Waals surface area contributed by atoms with Gasteiger partial charge in [-0.3, -0.25) is 10.2 Å². The van der Waals surface area contributed by atoms with Crippen LogP contribution in [0.3, 0.4) is 0 Å². The van der Waals surface area contributed by atoms with Crippen LogP contribution in [-0.2, 0) is 25.9 Å². The number of aromatic amines is 2. The number of benzene rings is 2. The minimum Gasteiger partial charge on any atom is -0.491 e. The molecule has 2 heterocycles. The lowest BCUT2D eigenvalue weighted by atomic mass is 9.93. The Morgan fingerprint density at radius 2 is 1.25 bits per heavy atom. The predicted octanol–water partition coefficient (Wildman–Crippen LogP) is 10.8. The molecule has 280 valence electrons. The van der Waals surface area contributed by atoms with Crippen LogP contribution in [0.25, 0.3) is 22.5 Å². The Labute approximate surface area is 313 Å². The van der Waals surface area contributed by atoms with Gasteiger partial charge in [-0.1, -0.05) is 72.1 Å². The van der Waals surface area contributed by atoms with Crippen LogP contribution in [0.15, 0.2) is 42.7 Å². The number of hydrogen-bond acceptors (Lipinski definition) is 5. The molecule has 0 amide bonds. The van der Waals surface area contributed by atoms with E-state index in [9.17, 15) is 0 Å². The maximum Gasteiger partial charge on any atom is 0.140 e. The Kier molecular flexibility index (Phi) is 16.1. The quantitative estimate of drug-likeness (QED) is 0.101. The smallest absolute Gasteiger partial charge is 0.140 e. The van der Waals surface area contributed by atoms with Crippen LogP contribution in [0.2, 0.25) is 5.02 Å². The van der Waals surface area contributed by atoms with Gasteiger partial charge in [0.05, 0.1) is 35.4 Å². The van der Waals surface area contributed by atoms with E-state index in [-0.39, 0.29) is 0 Å². The Balaban J connectivity index is 0.000000229. The molecule has 0 saturated heterocycles. The normalized spacial score (nSPS) is 13.1. The molecule has 0 spiro atoms. The topological polar surface area (TPSA) is 73.1 Å². The van der Waals surface area contributed by atoms with Crippen molar-refractivity contribution in [3.63, 3.8) is 0 Å². The Bertz CT molecular complexity index is 1570. The van der Waals surface area contributed by atoms with Crippen LogP contribution in [-0.4, -0.2) is 64.0 Å². The molecule has 8 heteroatoms. The highest BCUT2D eigenvalue weighted by Gasteiger charge is 2.23. The van der Waals surface area contributed by atoms with E-state index in [1.165, 1.54) is 72.0 Å². The molecule has 2 aromatic carbocycles. The molecule has 1 aliphatic rings. The third-order valence-electron chi connectivity index (χ3n) is 9.41. The average molecular weight is 717 g/mol. The van der Waals surface area contributed by atoms with Crippen molar-refractivity contribution in [2.75, 3.05) is 33.8 Å². The lowest BCUT2D eigenvalue weighted by Crippen LogP contribution is -2.19. The van der Waals surface area contributed by atoms with Gasteiger partial charge in [0.1, 0.15) is 5.75 Å². The van der Waals surface area contributed by atoms with E-state index in [2.05, 4.69) is 117 Å². The molecule has 0 unspecified atom stereocenters. The van der Waals surface area contributed by atoms with Crippen LogP contribution in [0.5, 0.6) is 5.75 Å². The molecular formula is C43H65ClN6O. The van der Waals surface area contributed by atoms with E-state index in [1.807, 2.05) is 18.5 Å². The molecule has 2 N–H and O–H groups in total. The molecule has 1 aliphatic carbocycles. The summed E-state index contributed by atoms with van der Waals surface area (Å²) in [6.07, 6.45) is 13.6. The number of H-pyrrole nitrogens is 2. The number of rotatable bonds is 19. The fourth-order valence-electron chi connectivity index (χ4n) is 6.59. The summed E-state index contributed by atoms with van der Waals surface area (Å²) in [5, 5.41) is 15.7. The standard InChI is InChI=1S/C23H37N3.C20H28ClN3O/c1-7-8-9-26(6)16-22-15-24-25-23(22)21-13-19(10-17(2)3)12-20(14-21)11-18(4)5;1-4-5-8-24(3)12-17-11-22-23-19(17)16-9-14(2)20(18(21)10-16)25-13-15-6-7-15/h12-15,17-18H,7-11,16H2,1-6H3,(H,24,25);9-11,15H,4-8,12-13H2,1-3H3,(H,22,23). The van der Waals surface area contributed by atoms with Gasteiger partial charge >= 0.3 is 0 Å². The lowest BCUT2D eigenvalue weighted by Gasteiger charge is -2.17. The highest BCUT2D eigenvalue weighted by atomic mass is 35.5. The molecule has 0 aliphatic heterocycles. The number of nitrogens with zero attached hydrogens (tertiary/aromatic N) is 4. The van der Waals surface area contributed by atoms with Crippen molar-refractivity contribution >= 4 is 11.6 Å². The van der Waals surface area contributed by atoms with E-state index >= 15 is 0 Å². The molecule has 1 saturated carbocycles. The van der Waals surface area contributed by atoms with E-state index in [1.54, 1.807) is 0 Å². The zero-order valence-electron chi connectivity index (χ0n) is 33.0. The molecule has 7 nitrogen and oxygen atoms in total. The summed E-state index contributed by atoms with van der Waals surface area (Å²) in [6, 6.07) is 11.2. The van der Waals surface area contributed by atoms with Gasteiger partial charge in [0.25, 0.3) is 0 Å². The number of aryl methyl sites for hydroxylation is 1. The van der Waals surface area contributed by atoms with Gasteiger partial charge < -0.3 is 14.5 Å². The van der Waals surface area contributed by atoms with Gasteiger partial charge in [0.2, 0.25) is 0 Å². The molecule has 0 bridgehead atoms. The van der Waals surface area contributed by atoms with E-state index < -0.39 is 0 Å². The Morgan fingerprint density at radius 1 is 0.765 bits per heavy atom. The predicted molar refractivity (Wildman–Crippen MR) is 216 cm³/mol. The molecular weight excluding hydrogens is 652 g/mol. The van der Waals surface area contributed by atoms with Gasteiger partial charge in [-0.05, 0) is 131 Å². The summed E-state index contributed by atoms with van der Waals surface area (Å²) < 4.78 is 5.94. The highest BCUT2D eigenvalue weighted by Crippen LogP contribution is 2.37. The van der Waals surface area contributed by atoms with Crippen molar-refractivity contribution in [3.8, 4) is 28.3 Å². The van der Waals surface area contributed by atoms with Crippen LogP contribution in [0.1, 0.15) is 108 Å². The minimum absolute atomic E-state index is 0.665. The summed E-state index contributed by atoms with van der Waals surface area (Å²) >= 11 is 6.51. The highest BCUT2D eigenvalue weighted by molar-refractivity contribution is 6.32. The van der Waals surface area contributed by atoms with Gasteiger partial charge in [-0.25, -0.2) is 0 Å². The SMILES string of the molecule is CCCCN(C)Cc1cn[nH]c1-c1cc(C)c(OCC2CC2)c(Cl)c1.CCCCN(C)Cc1cn[nH]c1-c1cc(CC(C)C)cc(CC(C)C)c1. The van der Waals surface area contributed by atoms with Gasteiger partial charge in [-0.2, -0.15) is 10.2 Å². The monoisotopic (exact) mass is 716 g/mol. The number of aromatic nitrogens is 4. The molecule has 4 aromatic rings. The maximum atomic E-state index is 6.51. The average Bonchev–Trinajstić information content (AvgIpc) is 3.58. The van der Waals surface area contributed by atoms with Crippen molar-refractivity contribution in [2.24, 2.45) is 17.8 Å². The third kappa shape index (κ3) is 13.1. The fraction of sp³-hybridized carbons (Fsp3) is 0.581. The van der Waals surface area contributed by atoms with Crippen molar-refractivity contribution in [1.29, 1.82) is 0 Å². The first-order valence-corrected chi connectivity index (χ1v) is 19.8. The zero-order chi connectivity index (χ0) is 36.9. The number of unbranched alkanes of at least 4 members (excludes halogenated alkanes) is 2. The van der Waals surface area contributed by atoms with Crippen LogP contribution in [0.4, 0.5) is 0 Å². The lowest BCUT2D eigenvalue weighted by molar-refractivity contribution is 0.298. The van der Waals surface area contributed by atoms with Crippen molar-refractivity contribution in [3.05, 3.63) is 75.6 Å². The summed E-state index contributed by atoms with van der Waals surface area (Å²) in [5.74, 6) is 2.86. The van der Waals surface area contributed by atoms with Gasteiger partial charge in [0.15, 0.2) is 0 Å². The van der Waals surface area contributed by atoms with Crippen molar-refractivity contribution in [2.45, 2.75) is 113 Å². The van der Waals surface area contributed by atoms with E-state index in [0.717, 1.165) is 68.2 Å². The van der Waals surface area contributed by atoms with Gasteiger partial charge in [0, 0.05) is 35.3 Å². The van der Waals surface area contributed by atoms with E-state index in [4.69, 9.17) is 16.3 Å². The summed E-state index contributed by atoms with van der Waals surface area (Å²) in [5.41, 5.74) is 11.0. The number of hydrogen-bond donors (Lipinski definition) is 2. The molecule has 0 radical (unpaired) electrons. The molecule has 2 aromatic heterocycles. The van der Waals surface area contributed by atoms with E-state index in [0.29, 0.717) is 22.8 Å². The first kappa shape index (κ1) is 40.6. The molecule has 1 fully saturated rings. The van der Waals surface area contributed by atoms with Crippen molar-refractivity contribution in [1.82, 2.24) is 30.2 Å². The number of ether oxygens (including phenoxy) is 1. The molecule has 0 atom stereocenters. The Morgan fingerprint density at radius 3 is 1.69 bits per heavy atom. The third-order valence-corrected chi connectivity index (χ3v) is 9.69. The summed E-state index contributed by atoms with van der Waals surface area (Å²) in [4.78, 5) is 4.73. The number of halogens is 1. The fourth-order valence-corrected chi connectivity index (χ4v) is 6.91. The first-order chi connectivity index (χ1) is 24.5. The number of nitrogens with one attached hydrogen (secondary N) is 2. The second-order valence-electron chi connectivity index (χ2n) is 15.8. The van der Waals surface area contributed by atoms with Crippen LogP contribution >= 0.6 is 11.6 Å². The molecule has 5 rings (SSSR count). The second kappa shape index (κ2) is 20.2. The second-order valence-corrected chi connectivity index (χ2v) is 16.2. The first-order valence-electron chi connectivity index (χ1n) is 19.4. The largest absolute Gasteiger partial charge is 0.491 e. The summed E-state index contributed by atoms with van der Waals surface area (Å²) in [6.45, 7) is 20.5. The minimum atomic E-state index is 0.665.